The number of nitrogens with one attached hydrogen (secondary N) is 1. The molecule has 0 saturated carbocycles. The zero-order chi connectivity index (χ0) is 30.6. The Bertz CT molecular complexity index is 1740. The smallest absolute Gasteiger partial charge is 0.417 e. The van der Waals surface area contributed by atoms with Crippen molar-refractivity contribution >= 4 is 51.5 Å². The van der Waals surface area contributed by atoms with Crippen molar-refractivity contribution in [3.63, 3.8) is 0 Å². The molecule has 0 aliphatic rings. The van der Waals surface area contributed by atoms with Gasteiger partial charge in [0.25, 0.3) is 0 Å². The number of nitriles is 1. The maximum Gasteiger partial charge on any atom is 0.417 e. The number of aromatic nitrogens is 1. The van der Waals surface area contributed by atoms with Crippen LogP contribution in [0.1, 0.15) is 27.9 Å². The number of halogens is 5. The van der Waals surface area contributed by atoms with Gasteiger partial charge in [-0.1, -0.05) is 35.3 Å². The molecule has 3 aromatic carbocycles. The van der Waals surface area contributed by atoms with Crippen LogP contribution in [0.3, 0.4) is 0 Å². The Kier molecular flexibility index (Phi) is 9.09. The Labute approximate surface area is 247 Å². The van der Waals surface area contributed by atoms with Gasteiger partial charge in [-0.25, -0.2) is 4.98 Å². The molecule has 13 heteroatoms. The Morgan fingerprint density at radius 2 is 1.81 bits per heavy atom. The topological polar surface area (TPSA) is 122 Å². The van der Waals surface area contributed by atoms with E-state index in [1.807, 2.05) is 6.07 Å². The van der Waals surface area contributed by atoms with Crippen LogP contribution >= 0.6 is 23.2 Å². The minimum atomic E-state index is -4.66. The van der Waals surface area contributed by atoms with E-state index in [9.17, 15) is 28.0 Å². The molecule has 0 saturated heterocycles. The number of alkyl halides is 3. The maximum atomic E-state index is 13.6. The number of rotatable bonds is 10. The van der Waals surface area contributed by atoms with Crippen molar-refractivity contribution in [1.82, 2.24) is 4.98 Å². The summed E-state index contributed by atoms with van der Waals surface area (Å²) in [7, 11) is 1.33. The Morgan fingerprint density at radius 3 is 2.48 bits per heavy atom. The van der Waals surface area contributed by atoms with E-state index in [-0.39, 0.29) is 80.1 Å². The molecular weight excluding hydrogens is 598 g/mol. The molecular formula is C29H20Cl2F3N3O5. The van der Waals surface area contributed by atoms with E-state index >= 15 is 0 Å². The molecule has 4 aromatic rings. The highest BCUT2D eigenvalue weighted by molar-refractivity contribution is 6.34. The van der Waals surface area contributed by atoms with Gasteiger partial charge < -0.3 is 19.9 Å². The molecule has 0 unspecified atom stereocenters. The lowest BCUT2D eigenvalue weighted by Gasteiger charge is -2.16. The molecule has 0 radical (unpaired) electrons. The van der Waals surface area contributed by atoms with Crippen LogP contribution in [0.4, 0.5) is 18.9 Å². The molecule has 0 amide bonds. The number of nitrogens with zero attached hydrogens (tertiary/aromatic N) is 2. The lowest BCUT2D eigenvalue weighted by molar-refractivity contribution is -0.138. The molecule has 0 atom stereocenters. The summed E-state index contributed by atoms with van der Waals surface area (Å²) in [5.41, 5.74) is -0.721. The molecule has 0 spiro atoms. The van der Waals surface area contributed by atoms with Gasteiger partial charge in [0.15, 0.2) is 5.78 Å². The van der Waals surface area contributed by atoms with Crippen molar-refractivity contribution in [2.75, 3.05) is 25.6 Å². The van der Waals surface area contributed by atoms with Gasteiger partial charge in [-0.2, -0.15) is 18.4 Å². The fourth-order valence-electron chi connectivity index (χ4n) is 4.16. The van der Waals surface area contributed by atoms with E-state index in [2.05, 4.69) is 10.3 Å². The third kappa shape index (κ3) is 6.51. The van der Waals surface area contributed by atoms with Crippen LogP contribution in [0, 0.1) is 11.3 Å². The van der Waals surface area contributed by atoms with Crippen LogP contribution in [0.25, 0.3) is 22.2 Å². The van der Waals surface area contributed by atoms with Gasteiger partial charge in [-0.3, -0.25) is 9.59 Å². The normalized spacial score (nSPS) is 11.2. The molecule has 1 heterocycles. The summed E-state index contributed by atoms with van der Waals surface area (Å²) < 4.78 is 51.6. The molecule has 4 rings (SSSR count). The molecule has 42 heavy (non-hydrogen) atoms. The summed E-state index contributed by atoms with van der Waals surface area (Å²) in [6, 6.07) is 13.9. The second-order valence-corrected chi connectivity index (χ2v) is 9.59. The van der Waals surface area contributed by atoms with Crippen LogP contribution in [0.2, 0.25) is 10.0 Å². The number of carbonyl (C=O) groups is 2. The van der Waals surface area contributed by atoms with Gasteiger partial charge in [-0.05, 0) is 36.4 Å². The van der Waals surface area contributed by atoms with Crippen LogP contribution in [-0.4, -0.2) is 42.1 Å². The highest BCUT2D eigenvalue weighted by Crippen LogP contribution is 2.39. The fraction of sp³-hybridized carbons (Fsp3) is 0.172. The quantitative estimate of drug-likeness (QED) is 0.178. The van der Waals surface area contributed by atoms with Crippen LogP contribution in [0.5, 0.6) is 11.5 Å². The van der Waals surface area contributed by atoms with Gasteiger partial charge in [0.2, 0.25) is 0 Å². The number of carboxylic acids is 1. The van der Waals surface area contributed by atoms with E-state index in [4.69, 9.17) is 37.8 Å². The number of carboxylic acid groups (broad SMARTS) is 1. The average molecular weight is 618 g/mol. The lowest BCUT2D eigenvalue weighted by Crippen LogP contribution is -2.16. The maximum absolute atomic E-state index is 13.6. The van der Waals surface area contributed by atoms with Crippen LogP contribution in [0.15, 0.2) is 54.6 Å². The van der Waals surface area contributed by atoms with Gasteiger partial charge >= 0.3 is 12.1 Å². The highest BCUT2D eigenvalue weighted by Gasteiger charge is 2.33. The van der Waals surface area contributed by atoms with Crippen molar-refractivity contribution in [2.24, 2.45) is 0 Å². The number of anilines is 1. The SMILES string of the molecule is COc1cc(Cl)c(-c2nc3cccc(C(F)(F)F)c3cc2C#N)cc1C(=O)CNc1c(Cl)cccc1OCCC(=O)O. The standard InChI is InChI=1S/C29H20Cl2F3N3O5/c1-41-25-12-21(31)17(27-15(13-35)10-16-19(29(32,33)34)4-2-6-22(16)37-27)11-18(25)23(38)14-36-28-20(30)5-3-7-24(28)42-9-8-26(39)40/h2-7,10-12,36H,8-9,14H2,1H3,(H,39,40). The summed E-state index contributed by atoms with van der Waals surface area (Å²) >= 11 is 12.8. The third-order valence-electron chi connectivity index (χ3n) is 6.10. The van der Waals surface area contributed by atoms with Crippen molar-refractivity contribution in [2.45, 2.75) is 12.6 Å². The third-order valence-corrected chi connectivity index (χ3v) is 6.73. The number of aliphatic carboxylic acids is 1. The number of hydrogen-bond acceptors (Lipinski definition) is 7. The minimum absolute atomic E-state index is 0.0146. The Hall–Kier alpha value is -4.53. The zero-order valence-corrected chi connectivity index (χ0v) is 23.2. The lowest BCUT2D eigenvalue weighted by atomic mass is 9.98. The van der Waals surface area contributed by atoms with E-state index in [1.54, 1.807) is 18.2 Å². The first-order valence-corrected chi connectivity index (χ1v) is 12.9. The fourth-order valence-corrected chi connectivity index (χ4v) is 4.64. The number of hydrogen-bond donors (Lipinski definition) is 2. The number of Topliss-reactive ketones (excluding diaryl/α,β-unsaturated/α-hetero) is 1. The highest BCUT2D eigenvalue weighted by atomic mass is 35.5. The molecule has 2 N–H and O–H groups in total. The summed E-state index contributed by atoms with van der Waals surface area (Å²) in [6.07, 6.45) is -4.91. The summed E-state index contributed by atoms with van der Waals surface area (Å²) in [5.74, 6) is -1.21. The second kappa shape index (κ2) is 12.5. The summed E-state index contributed by atoms with van der Waals surface area (Å²) in [5, 5.41) is 21.6. The number of carbonyl (C=O) groups excluding carboxylic acids is 1. The first kappa shape index (κ1) is 30.4. The molecule has 0 aliphatic carbocycles. The minimum Gasteiger partial charge on any atom is -0.496 e. The number of methoxy groups -OCH3 is 1. The monoisotopic (exact) mass is 617 g/mol. The zero-order valence-electron chi connectivity index (χ0n) is 21.7. The summed E-state index contributed by atoms with van der Waals surface area (Å²) in [6.45, 7) is -0.446. The van der Waals surface area contributed by atoms with Crippen molar-refractivity contribution < 1.29 is 37.3 Å². The number of pyridine rings is 1. The number of fused-ring (bicyclic) bond motifs is 1. The Balaban J connectivity index is 1.72. The summed E-state index contributed by atoms with van der Waals surface area (Å²) in [4.78, 5) is 28.5. The van der Waals surface area contributed by atoms with Gasteiger partial charge in [0, 0.05) is 17.0 Å². The second-order valence-electron chi connectivity index (χ2n) is 8.78. The van der Waals surface area contributed by atoms with E-state index in [0.29, 0.717) is 0 Å². The predicted octanol–water partition coefficient (Wildman–Crippen LogP) is 7.26. The number of para-hydroxylation sites is 1. The molecule has 0 aliphatic heterocycles. The number of benzene rings is 3. The number of ketones is 1. The van der Waals surface area contributed by atoms with Gasteiger partial charge in [0.1, 0.15) is 17.6 Å². The van der Waals surface area contributed by atoms with Gasteiger partial charge in [-0.15, -0.1) is 0 Å². The van der Waals surface area contributed by atoms with Crippen molar-refractivity contribution in [3.05, 3.63) is 81.3 Å². The van der Waals surface area contributed by atoms with Crippen LogP contribution in [-0.2, 0) is 11.0 Å². The van der Waals surface area contributed by atoms with Crippen molar-refractivity contribution in [3.8, 4) is 28.8 Å². The molecule has 216 valence electrons. The average Bonchev–Trinajstić information content (AvgIpc) is 2.94. The first-order chi connectivity index (χ1) is 19.9. The molecule has 8 nitrogen and oxygen atoms in total. The van der Waals surface area contributed by atoms with Crippen LogP contribution < -0.4 is 14.8 Å². The first-order valence-electron chi connectivity index (χ1n) is 12.1. The Morgan fingerprint density at radius 1 is 1.07 bits per heavy atom. The number of ether oxygens (including phenoxy) is 2. The largest absolute Gasteiger partial charge is 0.496 e. The van der Waals surface area contributed by atoms with Gasteiger partial charge in [0.05, 0.1) is 70.3 Å². The molecule has 0 bridgehead atoms. The molecule has 0 fully saturated rings. The van der Waals surface area contributed by atoms with Crippen molar-refractivity contribution in [1.29, 1.82) is 5.26 Å². The van der Waals surface area contributed by atoms with E-state index < -0.39 is 23.5 Å². The predicted molar refractivity (Wildman–Crippen MR) is 150 cm³/mol. The molecule has 1 aromatic heterocycles. The van der Waals surface area contributed by atoms with E-state index in [0.717, 1.165) is 12.1 Å². The van der Waals surface area contributed by atoms with E-state index in [1.165, 1.54) is 31.4 Å².